The van der Waals surface area contributed by atoms with Crippen LogP contribution in [-0.4, -0.2) is 53.4 Å². The molecule has 2 aromatic carbocycles. The number of halogens is 2. The van der Waals surface area contributed by atoms with E-state index in [-0.39, 0.29) is 34.7 Å². The van der Waals surface area contributed by atoms with E-state index in [1.165, 1.54) is 30.3 Å². The molecule has 2 aromatic rings. The molecule has 0 aromatic heterocycles. The van der Waals surface area contributed by atoms with Gasteiger partial charge < -0.3 is 5.32 Å². The summed E-state index contributed by atoms with van der Waals surface area (Å²) in [5.74, 6) is -0.516. The Morgan fingerprint density at radius 3 is 2.39 bits per heavy atom. The molecule has 3 rings (SSSR count). The summed E-state index contributed by atoms with van der Waals surface area (Å²) >= 11 is 6.01. The molecule has 0 atom stereocenters. The Bertz CT molecular complexity index is 855. The van der Waals surface area contributed by atoms with Crippen molar-refractivity contribution in [2.24, 2.45) is 0 Å². The zero-order chi connectivity index (χ0) is 20.1. The van der Waals surface area contributed by atoms with Gasteiger partial charge in [-0.05, 0) is 23.8 Å². The van der Waals surface area contributed by atoms with E-state index in [9.17, 15) is 19.3 Å². The first-order valence-corrected chi connectivity index (χ1v) is 9.21. The second-order valence-electron chi connectivity index (χ2n) is 6.65. The minimum Gasteiger partial charge on any atom is -0.323 e. The zero-order valence-electron chi connectivity index (χ0n) is 15.1. The predicted octanol–water partition coefficient (Wildman–Crippen LogP) is 3.14. The van der Waals surface area contributed by atoms with Crippen molar-refractivity contribution in [1.82, 2.24) is 9.80 Å². The molecule has 28 heavy (non-hydrogen) atoms. The lowest BCUT2D eigenvalue weighted by atomic mass is 10.2. The van der Waals surface area contributed by atoms with Gasteiger partial charge in [0.25, 0.3) is 5.69 Å². The van der Waals surface area contributed by atoms with Gasteiger partial charge in [0.1, 0.15) is 5.82 Å². The summed E-state index contributed by atoms with van der Waals surface area (Å²) in [4.78, 5) is 26.9. The van der Waals surface area contributed by atoms with Gasteiger partial charge in [-0.25, -0.2) is 4.39 Å². The first kappa shape index (κ1) is 20.2. The summed E-state index contributed by atoms with van der Waals surface area (Å²) in [6.07, 6.45) is 0. The third kappa shape index (κ3) is 5.48. The number of hydrogen-bond donors (Lipinski definition) is 1. The maximum atomic E-state index is 13.0. The molecule has 1 fully saturated rings. The van der Waals surface area contributed by atoms with Crippen LogP contribution in [0.2, 0.25) is 5.02 Å². The van der Waals surface area contributed by atoms with Crippen molar-refractivity contribution in [3.05, 3.63) is 69.0 Å². The van der Waals surface area contributed by atoms with Crippen LogP contribution >= 0.6 is 11.6 Å². The van der Waals surface area contributed by atoms with Crippen molar-refractivity contribution in [2.75, 3.05) is 38.0 Å². The largest absolute Gasteiger partial charge is 0.323 e. The molecule has 1 heterocycles. The molecule has 0 saturated carbocycles. The average Bonchev–Trinajstić information content (AvgIpc) is 2.67. The van der Waals surface area contributed by atoms with Gasteiger partial charge in [0.05, 0.1) is 22.2 Å². The number of piperazine rings is 1. The van der Waals surface area contributed by atoms with Crippen molar-refractivity contribution in [3.8, 4) is 0 Å². The van der Waals surface area contributed by atoms with E-state index in [0.29, 0.717) is 0 Å². The van der Waals surface area contributed by atoms with Crippen LogP contribution in [0.4, 0.5) is 15.8 Å². The normalized spacial score (nSPS) is 15.4. The third-order valence-corrected chi connectivity index (χ3v) is 4.92. The molecule has 9 heteroatoms. The fourth-order valence-electron chi connectivity index (χ4n) is 3.07. The highest BCUT2D eigenvalue weighted by Crippen LogP contribution is 2.26. The monoisotopic (exact) mass is 406 g/mol. The van der Waals surface area contributed by atoms with Gasteiger partial charge in [0.15, 0.2) is 0 Å². The Hall–Kier alpha value is -2.55. The standard InChI is InChI=1S/C19H20ClFN4O3/c20-17-6-5-16(25(27)28)11-18(17)22-19(26)13-24-9-7-23(8-10-24)12-14-1-3-15(21)4-2-14/h1-6,11H,7-10,12-13H2,(H,22,26). The van der Waals surface area contributed by atoms with Gasteiger partial charge in [-0.15, -0.1) is 0 Å². The molecule has 0 radical (unpaired) electrons. The molecule has 0 bridgehead atoms. The van der Waals surface area contributed by atoms with Crippen LogP contribution in [0.15, 0.2) is 42.5 Å². The summed E-state index contributed by atoms with van der Waals surface area (Å²) in [6.45, 7) is 3.95. The number of hydrogen-bond acceptors (Lipinski definition) is 5. The lowest BCUT2D eigenvalue weighted by Gasteiger charge is -2.34. The molecular weight excluding hydrogens is 387 g/mol. The summed E-state index contributed by atoms with van der Waals surface area (Å²) in [6, 6.07) is 10.4. The highest BCUT2D eigenvalue weighted by Gasteiger charge is 2.20. The number of nitro benzene ring substituents is 1. The SMILES string of the molecule is O=C(CN1CCN(Cc2ccc(F)cc2)CC1)Nc1cc([N+](=O)[O-])ccc1Cl. The number of carbonyl (C=O) groups is 1. The van der Waals surface area contributed by atoms with Crippen LogP contribution in [0.5, 0.6) is 0 Å². The number of non-ortho nitro benzene ring substituents is 1. The second kappa shape index (κ2) is 9.09. The van der Waals surface area contributed by atoms with Crippen LogP contribution in [0.3, 0.4) is 0 Å². The van der Waals surface area contributed by atoms with Crippen LogP contribution < -0.4 is 5.32 Å². The topological polar surface area (TPSA) is 78.7 Å². The number of amides is 1. The van der Waals surface area contributed by atoms with Gasteiger partial charge in [-0.1, -0.05) is 23.7 Å². The number of nitrogens with zero attached hydrogens (tertiary/aromatic N) is 3. The summed E-state index contributed by atoms with van der Waals surface area (Å²) < 4.78 is 13.0. The van der Waals surface area contributed by atoms with E-state index >= 15 is 0 Å². The van der Waals surface area contributed by atoms with E-state index in [4.69, 9.17) is 11.6 Å². The smallest absolute Gasteiger partial charge is 0.271 e. The van der Waals surface area contributed by atoms with Gasteiger partial charge in [-0.2, -0.15) is 0 Å². The second-order valence-corrected chi connectivity index (χ2v) is 7.06. The van der Waals surface area contributed by atoms with Crippen molar-refractivity contribution in [3.63, 3.8) is 0 Å². The fourth-order valence-corrected chi connectivity index (χ4v) is 3.23. The first-order chi connectivity index (χ1) is 13.4. The summed E-state index contributed by atoms with van der Waals surface area (Å²) in [7, 11) is 0. The van der Waals surface area contributed by atoms with E-state index in [2.05, 4.69) is 10.2 Å². The Kier molecular flexibility index (Phi) is 6.56. The van der Waals surface area contributed by atoms with Gasteiger partial charge >= 0.3 is 0 Å². The Morgan fingerprint density at radius 2 is 1.75 bits per heavy atom. The average molecular weight is 407 g/mol. The Morgan fingerprint density at radius 1 is 1.11 bits per heavy atom. The van der Waals surface area contributed by atoms with Crippen LogP contribution in [0.25, 0.3) is 0 Å². The molecule has 148 valence electrons. The van der Waals surface area contributed by atoms with Crippen LogP contribution in [0.1, 0.15) is 5.56 Å². The van der Waals surface area contributed by atoms with Gasteiger partial charge in [0, 0.05) is 44.9 Å². The molecule has 0 aliphatic carbocycles. The summed E-state index contributed by atoms with van der Waals surface area (Å²) in [5, 5.41) is 13.8. The summed E-state index contributed by atoms with van der Waals surface area (Å²) in [5.41, 5.74) is 1.15. The number of benzene rings is 2. The highest BCUT2D eigenvalue weighted by atomic mass is 35.5. The molecule has 0 unspecified atom stereocenters. The van der Waals surface area contributed by atoms with Crippen molar-refractivity contribution >= 4 is 28.9 Å². The van der Waals surface area contributed by atoms with Crippen LogP contribution in [0, 0.1) is 15.9 Å². The molecule has 1 N–H and O–H groups in total. The molecular formula is C19H20ClFN4O3. The predicted molar refractivity (Wildman–Crippen MR) is 105 cm³/mol. The Labute approximate surface area is 166 Å². The number of carbonyl (C=O) groups excluding carboxylic acids is 1. The Balaban J connectivity index is 1.48. The van der Waals surface area contributed by atoms with E-state index in [0.717, 1.165) is 38.3 Å². The zero-order valence-corrected chi connectivity index (χ0v) is 15.9. The van der Waals surface area contributed by atoms with Crippen molar-refractivity contribution < 1.29 is 14.1 Å². The van der Waals surface area contributed by atoms with E-state index < -0.39 is 4.92 Å². The molecule has 1 amide bonds. The fraction of sp³-hybridized carbons (Fsp3) is 0.316. The number of anilines is 1. The third-order valence-electron chi connectivity index (χ3n) is 4.59. The molecule has 7 nitrogen and oxygen atoms in total. The number of rotatable bonds is 6. The van der Waals surface area contributed by atoms with Crippen LogP contribution in [-0.2, 0) is 11.3 Å². The van der Waals surface area contributed by atoms with E-state index in [1.54, 1.807) is 12.1 Å². The minimum atomic E-state index is -0.535. The molecule has 0 spiro atoms. The lowest BCUT2D eigenvalue weighted by molar-refractivity contribution is -0.384. The van der Waals surface area contributed by atoms with Gasteiger partial charge in [0.2, 0.25) is 5.91 Å². The highest BCUT2D eigenvalue weighted by molar-refractivity contribution is 6.33. The maximum Gasteiger partial charge on any atom is 0.271 e. The molecule has 1 aliphatic rings. The molecule has 1 saturated heterocycles. The maximum absolute atomic E-state index is 13.0. The van der Waals surface area contributed by atoms with E-state index in [1.807, 2.05) is 4.90 Å². The first-order valence-electron chi connectivity index (χ1n) is 8.83. The minimum absolute atomic E-state index is 0.130. The number of nitrogens with one attached hydrogen (secondary N) is 1. The van der Waals surface area contributed by atoms with Crippen molar-refractivity contribution in [2.45, 2.75) is 6.54 Å². The van der Waals surface area contributed by atoms with Crippen molar-refractivity contribution in [1.29, 1.82) is 0 Å². The molecule has 1 aliphatic heterocycles. The van der Waals surface area contributed by atoms with Gasteiger partial charge in [-0.3, -0.25) is 24.7 Å². The quantitative estimate of drug-likeness (QED) is 0.589. The number of nitro groups is 1. The lowest BCUT2D eigenvalue weighted by Crippen LogP contribution is -2.48.